The van der Waals surface area contributed by atoms with Gasteiger partial charge in [-0.05, 0) is 37.0 Å². The summed E-state index contributed by atoms with van der Waals surface area (Å²) >= 11 is 5.55. The van der Waals surface area contributed by atoms with Gasteiger partial charge in [-0.3, -0.25) is 4.79 Å². The first-order valence-electron chi connectivity index (χ1n) is 5.64. The van der Waals surface area contributed by atoms with Crippen molar-refractivity contribution < 1.29 is 9.90 Å². The molecule has 15 heavy (non-hydrogen) atoms. The molecule has 0 radical (unpaired) electrons. The van der Waals surface area contributed by atoms with E-state index in [9.17, 15) is 4.79 Å². The Kier molecular flexibility index (Phi) is 3.21. The van der Waals surface area contributed by atoms with Crippen molar-refractivity contribution in [2.45, 2.75) is 25.7 Å². The number of amides is 1. The fourth-order valence-electron chi connectivity index (χ4n) is 3.09. The first-order chi connectivity index (χ1) is 7.19. The molecule has 0 aromatic heterocycles. The van der Waals surface area contributed by atoms with Gasteiger partial charge >= 0.3 is 0 Å². The first kappa shape index (κ1) is 11.2. The van der Waals surface area contributed by atoms with E-state index in [1.165, 1.54) is 0 Å². The highest BCUT2D eigenvalue weighted by Crippen LogP contribution is 2.47. The van der Waals surface area contributed by atoms with Gasteiger partial charge in [-0.1, -0.05) is 0 Å². The van der Waals surface area contributed by atoms with Crippen LogP contribution in [0.5, 0.6) is 0 Å². The van der Waals surface area contributed by atoms with Crippen molar-refractivity contribution in [1.29, 1.82) is 0 Å². The van der Waals surface area contributed by atoms with Crippen molar-refractivity contribution in [2.24, 2.45) is 11.3 Å². The van der Waals surface area contributed by atoms with E-state index in [2.05, 4.69) is 0 Å². The number of carbonyl (C=O) groups is 1. The smallest absolute Gasteiger partial charge is 0.237 e. The molecule has 2 atom stereocenters. The van der Waals surface area contributed by atoms with E-state index in [0.29, 0.717) is 17.9 Å². The highest BCUT2D eigenvalue weighted by molar-refractivity contribution is 6.27. The largest absolute Gasteiger partial charge is 0.396 e. The third kappa shape index (κ3) is 2.13. The molecule has 0 aromatic rings. The summed E-state index contributed by atoms with van der Waals surface area (Å²) in [6.07, 6.45) is 4.44. The summed E-state index contributed by atoms with van der Waals surface area (Å²) in [5.74, 6) is 0.608. The Balaban J connectivity index is 1.94. The summed E-state index contributed by atoms with van der Waals surface area (Å²) in [5.41, 5.74) is 0.301. The number of alkyl halides is 1. The van der Waals surface area contributed by atoms with Crippen LogP contribution in [0.3, 0.4) is 0 Å². The van der Waals surface area contributed by atoms with Crippen LogP contribution in [-0.4, -0.2) is 41.5 Å². The fourth-order valence-corrected chi connectivity index (χ4v) is 3.25. The molecule has 1 aliphatic heterocycles. The van der Waals surface area contributed by atoms with Crippen molar-refractivity contribution in [1.82, 2.24) is 4.90 Å². The van der Waals surface area contributed by atoms with E-state index in [1.807, 2.05) is 4.90 Å². The number of rotatable bonds is 2. The normalized spacial score (nSPS) is 35.3. The lowest BCUT2D eigenvalue weighted by molar-refractivity contribution is -0.127. The molecule has 1 heterocycles. The van der Waals surface area contributed by atoms with Gasteiger partial charge in [0.15, 0.2) is 0 Å². The van der Waals surface area contributed by atoms with E-state index < -0.39 is 0 Å². The first-order valence-corrected chi connectivity index (χ1v) is 6.17. The van der Waals surface area contributed by atoms with Crippen molar-refractivity contribution in [3.05, 3.63) is 0 Å². The van der Waals surface area contributed by atoms with Crippen LogP contribution < -0.4 is 0 Å². The molecule has 2 aliphatic rings. The fraction of sp³-hybridized carbons (Fsp3) is 0.909. The molecule has 1 saturated heterocycles. The zero-order valence-electron chi connectivity index (χ0n) is 8.91. The highest BCUT2D eigenvalue weighted by Gasteiger charge is 2.44. The Morgan fingerprint density at radius 2 is 2.33 bits per heavy atom. The van der Waals surface area contributed by atoms with Crippen LogP contribution in [0.2, 0.25) is 0 Å². The summed E-state index contributed by atoms with van der Waals surface area (Å²) in [7, 11) is 0. The molecule has 1 N–H and O–H groups in total. The Morgan fingerprint density at radius 3 is 2.93 bits per heavy atom. The van der Waals surface area contributed by atoms with Gasteiger partial charge in [-0.2, -0.15) is 0 Å². The van der Waals surface area contributed by atoms with Gasteiger partial charge in [-0.25, -0.2) is 0 Å². The molecular formula is C11H18ClNO2. The van der Waals surface area contributed by atoms with Crippen LogP contribution in [0.15, 0.2) is 0 Å². The topological polar surface area (TPSA) is 40.5 Å². The van der Waals surface area contributed by atoms with E-state index >= 15 is 0 Å². The van der Waals surface area contributed by atoms with Crippen molar-refractivity contribution in [3.8, 4) is 0 Å². The number of aliphatic hydroxyl groups is 1. The molecule has 0 aromatic carbocycles. The van der Waals surface area contributed by atoms with Gasteiger partial charge in [0.2, 0.25) is 5.91 Å². The zero-order chi connectivity index (χ0) is 10.9. The van der Waals surface area contributed by atoms with Crippen molar-refractivity contribution in [2.75, 3.05) is 25.6 Å². The SMILES string of the molecule is O=C(CCl)N1CC[C@]2(CC[C@@H](CO)C2)C1. The number of hydrogen-bond donors (Lipinski definition) is 1. The minimum atomic E-state index is 0.0565. The molecule has 2 fully saturated rings. The summed E-state index contributed by atoms with van der Waals surface area (Å²) in [4.78, 5) is 13.3. The Labute approximate surface area is 95.4 Å². The predicted molar refractivity (Wildman–Crippen MR) is 58.8 cm³/mol. The van der Waals surface area contributed by atoms with Crippen molar-refractivity contribution >= 4 is 17.5 Å². The molecule has 2 rings (SSSR count). The minimum Gasteiger partial charge on any atom is -0.396 e. The van der Waals surface area contributed by atoms with Gasteiger partial charge in [-0.15, -0.1) is 11.6 Å². The lowest BCUT2D eigenvalue weighted by Gasteiger charge is -2.23. The second-order valence-corrected chi connectivity index (χ2v) is 5.26. The zero-order valence-corrected chi connectivity index (χ0v) is 9.67. The molecule has 4 heteroatoms. The highest BCUT2D eigenvalue weighted by atomic mass is 35.5. The Morgan fingerprint density at radius 1 is 1.53 bits per heavy atom. The summed E-state index contributed by atoms with van der Waals surface area (Å²) < 4.78 is 0. The van der Waals surface area contributed by atoms with E-state index in [1.54, 1.807) is 0 Å². The van der Waals surface area contributed by atoms with E-state index in [4.69, 9.17) is 16.7 Å². The molecule has 86 valence electrons. The standard InChI is InChI=1S/C11H18ClNO2/c12-6-10(15)13-4-3-11(8-13)2-1-9(5-11)7-14/h9,14H,1-8H2/t9-,11+/m1/s1. The Hall–Kier alpha value is -0.280. The maximum absolute atomic E-state index is 11.4. The second kappa shape index (κ2) is 4.30. The molecule has 1 saturated carbocycles. The number of likely N-dealkylation sites (tertiary alicyclic amines) is 1. The number of hydrogen-bond acceptors (Lipinski definition) is 2. The summed E-state index contributed by atoms with van der Waals surface area (Å²) in [5, 5.41) is 9.13. The third-order valence-electron chi connectivity index (χ3n) is 3.97. The van der Waals surface area contributed by atoms with Gasteiger partial charge in [0.05, 0.1) is 0 Å². The van der Waals surface area contributed by atoms with Crippen LogP contribution in [0, 0.1) is 11.3 Å². The molecular weight excluding hydrogens is 214 g/mol. The Bertz CT molecular complexity index is 259. The second-order valence-electron chi connectivity index (χ2n) is 4.99. The maximum atomic E-state index is 11.4. The van der Waals surface area contributed by atoms with Gasteiger partial charge < -0.3 is 10.0 Å². The van der Waals surface area contributed by atoms with Crippen molar-refractivity contribution in [3.63, 3.8) is 0 Å². The van der Waals surface area contributed by atoms with E-state index in [-0.39, 0.29) is 11.8 Å². The number of nitrogens with zero attached hydrogens (tertiary/aromatic N) is 1. The number of halogens is 1. The third-order valence-corrected chi connectivity index (χ3v) is 4.20. The summed E-state index contributed by atoms with van der Waals surface area (Å²) in [6, 6.07) is 0. The van der Waals surface area contributed by atoms with Crippen LogP contribution in [-0.2, 0) is 4.79 Å². The lowest BCUT2D eigenvalue weighted by atomic mass is 9.84. The molecule has 0 bridgehead atoms. The average molecular weight is 232 g/mol. The minimum absolute atomic E-state index is 0.0565. The van der Waals surface area contributed by atoms with Crippen LogP contribution in [0.1, 0.15) is 25.7 Å². The van der Waals surface area contributed by atoms with Gasteiger partial charge in [0.25, 0.3) is 0 Å². The lowest BCUT2D eigenvalue weighted by Crippen LogP contribution is -2.32. The molecule has 3 nitrogen and oxygen atoms in total. The molecule has 1 spiro atoms. The predicted octanol–water partition coefficient (Wildman–Crippen LogP) is 1.24. The van der Waals surface area contributed by atoms with Crippen LogP contribution in [0.25, 0.3) is 0 Å². The van der Waals surface area contributed by atoms with Gasteiger partial charge in [0, 0.05) is 19.7 Å². The van der Waals surface area contributed by atoms with Crippen LogP contribution in [0.4, 0.5) is 0 Å². The molecule has 1 aliphatic carbocycles. The number of carbonyl (C=O) groups excluding carboxylic acids is 1. The molecule has 1 amide bonds. The monoisotopic (exact) mass is 231 g/mol. The summed E-state index contributed by atoms with van der Waals surface area (Å²) in [6.45, 7) is 2.00. The maximum Gasteiger partial charge on any atom is 0.237 e. The molecule has 0 unspecified atom stereocenters. The van der Waals surface area contributed by atoms with E-state index in [0.717, 1.165) is 38.8 Å². The van der Waals surface area contributed by atoms with Gasteiger partial charge in [0.1, 0.15) is 5.88 Å². The number of aliphatic hydroxyl groups excluding tert-OH is 1. The van der Waals surface area contributed by atoms with Crippen LogP contribution >= 0.6 is 11.6 Å². The quantitative estimate of drug-likeness (QED) is 0.727. The average Bonchev–Trinajstić information content (AvgIpc) is 2.86.